The molecule has 0 atom stereocenters. The van der Waals surface area contributed by atoms with Crippen LogP contribution in [0.2, 0.25) is 0 Å². The van der Waals surface area contributed by atoms with Crippen molar-refractivity contribution in [2.45, 2.75) is 29.7 Å². The van der Waals surface area contributed by atoms with Gasteiger partial charge in [0.1, 0.15) is 11.4 Å². The van der Waals surface area contributed by atoms with E-state index < -0.39 is 9.84 Å². The molecule has 0 aliphatic carbocycles. The molecule has 160 valence electrons. The second-order valence-electron chi connectivity index (χ2n) is 7.14. The molecule has 0 saturated heterocycles. The van der Waals surface area contributed by atoms with Gasteiger partial charge in [0.25, 0.3) is 0 Å². The van der Waals surface area contributed by atoms with Gasteiger partial charge in [-0.25, -0.2) is 18.4 Å². The molecule has 0 saturated carbocycles. The number of nitrogens with one attached hydrogen (secondary N) is 1. The normalized spacial score (nSPS) is 11.8. The summed E-state index contributed by atoms with van der Waals surface area (Å²) >= 11 is 4.98. The van der Waals surface area contributed by atoms with E-state index in [4.69, 9.17) is 9.72 Å². The van der Waals surface area contributed by atoms with Gasteiger partial charge in [-0.15, -0.1) is 11.3 Å². The van der Waals surface area contributed by atoms with Gasteiger partial charge < -0.3 is 10.1 Å². The molecule has 0 aliphatic rings. The monoisotopic (exact) mass is 517 g/mol. The van der Waals surface area contributed by atoms with Crippen molar-refractivity contribution in [3.8, 4) is 17.1 Å². The maximum absolute atomic E-state index is 13.5. The lowest BCUT2D eigenvalue weighted by Crippen LogP contribution is -2.09. The van der Waals surface area contributed by atoms with Crippen molar-refractivity contribution in [2.75, 3.05) is 12.4 Å². The minimum absolute atomic E-state index is 0.174. The molecule has 4 aromatic rings. The van der Waals surface area contributed by atoms with Crippen LogP contribution >= 0.6 is 27.3 Å². The quantitative estimate of drug-likeness (QED) is 0.349. The lowest BCUT2D eigenvalue weighted by Gasteiger charge is -2.13. The van der Waals surface area contributed by atoms with Gasteiger partial charge in [0.15, 0.2) is 5.13 Å². The van der Waals surface area contributed by atoms with Crippen LogP contribution in [0, 0.1) is 0 Å². The SMILES string of the molecule is COc1ccc2c(S(=O)(=O)c3ccccc3)cc(-c3csc(NC(C)C)n3)nc2c1Br. The highest BCUT2D eigenvalue weighted by Gasteiger charge is 2.24. The van der Waals surface area contributed by atoms with E-state index in [1.165, 1.54) is 11.3 Å². The largest absolute Gasteiger partial charge is 0.495 e. The maximum Gasteiger partial charge on any atom is 0.207 e. The summed E-state index contributed by atoms with van der Waals surface area (Å²) in [6.07, 6.45) is 0. The first-order valence-corrected chi connectivity index (χ1v) is 12.7. The Morgan fingerprint density at radius 2 is 1.81 bits per heavy atom. The number of sulfone groups is 1. The summed E-state index contributed by atoms with van der Waals surface area (Å²) in [7, 11) is -2.23. The molecule has 0 spiro atoms. The third-order valence-corrected chi connectivity index (χ3v) is 7.94. The molecular formula is C22H20BrN3O3S2. The van der Waals surface area contributed by atoms with Crippen LogP contribution in [-0.2, 0) is 9.84 Å². The van der Waals surface area contributed by atoms with Crippen LogP contribution in [0.4, 0.5) is 5.13 Å². The van der Waals surface area contributed by atoms with Crippen LogP contribution in [-0.4, -0.2) is 31.5 Å². The Labute approximate surface area is 193 Å². The van der Waals surface area contributed by atoms with E-state index in [-0.39, 0.29) is 15.8 Å². The van der Waals surface area contributed by atoms with Crippen molar-refractivity contribution in [1.82, 2.24) is 9.97 Å². The number of thiazole rings is 1. The Morgan fingerprint density at radius 3 is 2.48 bits per heavy atom. The van der Waals surface area contributed by atoms with Gasteiger partial charge in [0, 0.05) is 16.8 Å². The van der Waals surface area contributed by atoms with Crippen LogP contribution in [0.5, 0.6) is 5.75 Å². The Kier molecular flexibility index (Phi) is 6.00. The van der Waals surface area contributed by atoms with Gasteiger partial charge in [-0.05, 0) is 60.1 Å². The predicted molar refractivity (Wildman–Crippen MR) is 128 cm³/mol. The summed E-state index contributed by atoms with van der Waals surface area (Å²) < 4.78 is 33.1. The molecular weight excluding hydrogens is 498 g/mol. The molecule has 0 radical (unpaired) electrons. The summed E-state index contributed by atoms with van der Waals surface area (Å²) in [6, 6.07) is 13.7. The third kappa shape index (κ3) is 4.17. The molecule has 9 heteroatoms. The minimum Gasteiger partial charge on any atom is -0.495 e. The molecule has 0 aliphatic heterocycles. The predicted octanol–water partition coefficient (Wildman–Crippen LogP) is 5.78. The molecule has 0 fully saturated rings. The zero-order valence-electron chi connectivity index (χ0n) is 17.1. The second kappa shape index (κ2) is 8.57. The zero-order valence-corrected chi connectivity index (χ0v) is 20.3. The number of benzene rings is 2. The minimum atomic E-state index is -3.79. The van der Waals surface area contributed by atoms with Crippen molar-refractivity contribution in [3.63, 3.8) is 0 Å². The second-order valence-corrected chi connectivity index (χ2v) is 10.7. The number of methoxy groups -OCH3 is 1. The van der Waals surface area contributed by atoms with Crippen molar-refractivity contribution in [2.24, 2.45) is 0 Å². The van der Waals surface area contributed by atoms with E-state index in [1.54, 1.807) is 55.6 Å². The lowest BCUT2D eigenvalue weighted by molar-refractivity contribution is 0.413. The van der Waals surface area contributed by atoms with Gasteiger partial charge in [-0.1, -0.05) is 18.2 Å². The number of ether oxygens (including phenoxy) is 1. The fourth-order valence-corrected chi connectivity index (χ4v) is 6.09. The molecule has 4 rings (SSSR count). The van der Waals surface area contributed by atoms with Gasteiger partial charge in [0.05, 0.1) is 32.6 Å². The fourth-order valence-electron chi connectivity index (χ4n) is 3.15. The molecule has 2 aromatic carbocycles. The third-order valence-electron chi connectivity index (χ3n) is 4.59. The van der Waals surface area contributed by atoms with E-state index >= 15 is 0 Å². The first kappa shape index (κ1) is 21.7. The summed E-state index contributed by atoms with van der Waals surface area (Å²) in [5, 5.41) is 6.40. The number of hydrogen-bond acceptors (Lipinski definition) is 7. The van der Waals surface area contributed by atoms with Gasteiger partial charge >= 0.3 is 0 Å². The van der Waals surface area contributed by atoms with Crippen LogP contribution in [0.3, 0.4) is 0 Å². The number of anilines is 1. The van der Waals surface area contributed by atoms with E-state index in [9.17, 15) is 8.42 Å². The first-order valence-electron chi connectivity index (χ1n) is 9.51. The zero-order chi connectivity index (χ0) is 22.2. The Bertz CT molecular complexity index is 1350. The average Bonchev–Trinajstić information content (AvgIpc) is 3.22. The number of rotatable bonds is 6. The number of pyridine rings is 1. The lowest BCUT2D eigenvalue weighted by atomic mass is 10.1. The summed E-state index contributed by atoms with van der Waals surface area (Å²) in [4.78, 5) is 9.74. The van der Waals surface area contributed by atoms with Gasteiger partial charge in [-0.3, -0.25) is 0 Å². The maximum atomic E-state index is 13.5. The van der Waals surface area contributed by atoms with Gasteiger partial charge in [0.2, 0.25) is 9.84 Å². The number of hydrogen-bond donors (Lipinski definition) is 1. The Balaban J connectivity index is 1.99. The van der Waals surface area contributed by atoms with Crippen LogP contribution in [0.15, 0.2) is 68.2 Å². The molecule has 0 unspecified atom stereocenters. The number of fused-ring (bicyclic) bond motifs is 1. The van der Waals surface area contributed by atoms with E-state index in [1.807, 2.05) is 19.2 Å². The summed E-state index contributed by atoms with van der Waals surface area (Å²) in [5.41, 5.74) is 1.58. The van der Waals surface area contributed by atoms with E-state index in [2.05, 4.69) is 26.2 Å². The highest BCUT2D eigenvalue weighted by atomic mass is 79.9. The van der Waals surface area contributed by atoms with Crippen molar-refractivity contribution in [3.05, 3.63) is 58.4 Å². The van der Waals surface area contributed by atoms with Crippen molar-refractivity contribution >= 4 is 53.1 Å². The first-order chi connectivity index (χ1) is 14.8. The van der Waals surface area contributed by atoms with Crippen LogP contribution in [0.1, 0.15) is 13.8 Å². The fraction of sp³-hybridized carbons (Fsp3) is 0.182. The summed E-state index contributed by atoms with van der Waals surface area (Å²) in [6.45, 7) is 4.06. The standard InChI is InChI=1S/C22H20BrN3O3S2/c1-13(2)24-22-26-17(12-30-22)16-11-19(31(27,28)14-7-5-4-6-8-14)15-9-10-18(29-3)20(23)21(15)25-16/h4-13H,1-3H3,(H,24,26). The topological polar surface area (TPSA) is 81.2 Å². The molecule has 0 amide bonds. The molecule has 6 nitrogen and oxygen atoms in total. The highest BCUT2D eigenvalue weighted by Crippen LogP contribution is 2.38. The molecule has 1 N–H and O–H groups in total. The Hall–Kier alpha value is -2.49. The van der Waals surface area contributed by atoms with Crippen LogP contribution < -0.4 is 10.1 Å². The van der Waals surface area contributed by atoms with Crippen LogP contribution in [0.25, 0.3) is 22.3 Å². The van der Waals surface area contributed by atoms with Gasteiger partial charge in [-0.2, -0.15) is 0 Å². The molecule has 2 aromatic heterocycles. The van der Waals surface area contributed by atoms with E-state index in [0.717, 1.165) is 5.13 Å². The average molecular weight is 518 g/mol. The molecule has 2 heterocycles. The highest BCUT2D eigenvalue weighted by molar-refractivity contribution is 9.10. The smallest absolute Gasteiger partial charge is 0.207 e. The molecule has 31 heavy (non-hydrogen) atoms. The number of halogens is 1. The Morgan fingerprint density at radius 1 is 1.06 bits per heavy atom. The van der Waals surface area contributed by atoms with Crippen molar-refractivity contribution in [1.29, 1.82) is 0 Å². The number of nitrogens with zero attached hydrogens (tertiary/aromatic N) is 2. The van der Waals surface area contributed by atoms with E-state index in [0.29, 0.717) is 32.5 Å². The number of aromatic nitrogens is 2. The summed E-state index contributed by atoms with van der Waals surface area (Å²) in [5.74, 6) is 0.570. The molecule has 0 bridgehead atoms. The van der Waals surface area contributed by atoms with Crippen molar-refractivity contribution < 1.29 is 13.2 Å².